The van der Waals surface area contributed by atoms with Crippen molar-refractivity contribution in [1.82, 2.24) is 9.97 Å². The van der Waals surface area contributed by atoms with Gasteiger partial charge in [-0.25, -0.2) is 18.4 Å². The summed E-state index contributed by atoms with van der Waals surface area (Å²) in [6.45, 7) is 4.79. The molecule has 1 aromatic heterocycles. The van der Waals surface area contributed by atoms with Crippen LogP contribution in [0.5, 0.6) is 0 Å². The quantitative estimate of drug-likeness (QED) is 0.841. The van der Waals surface area contributed by atoms with E-state index in [1.54, 1.807) is 0 Å². The summed E-state index contributed by atoms with van der Waals surface area (Å²) in [6.07, 6.45) is 1.39. The van der Waals surface area contributed by atoms with E-state index in [9.17, 15) is 8.42 Å². The van der Waals surface area contributed by atoms with Crippen LogP contribution in [0.1, 0.15) is 26.1 Å². The zero-order valence-electron chi connectivity index (χ0n) is 11.3. The van der Waals surface area contributed by atoms with Crippen molar-refractivity contribution >= 4 is 21.5 Å². The highest BCUT2D eigenvalue weighted by Crippen LogP contribution is 2.18. The molecular weight excluding hydrogens is 264 g/mol. The minimum atomic E-state index is -2.87. The van der Waals surface area contributed by atoms with Gasteiger partial charge in [0.2, 0.25) is 0 Å². The lowest BCUT2D eigenvalue weighted by atomic mass is 10.2. The van der Waals surface area contributed by atoms with Gasteiger partial charge >= 0.3 is 0 Å². The van der Waals surface area contributed by atoms with Gasteiger partial charge < -0.3 is 10.6 Å². The van der Waals surface area contributed by atoms with Crippen LogP contribution in [-0.2, 0) is 16.3 Å². The van der Waals surface area contributed by atoms with Crippen molar-refractivity contribution in [3.63, 3.8) is 0 Å². The molecule has 0 aromatic carbocycles. The summed E-state index contributed by atoms with van der Waals surface area (Å²) >= 11 is 0. The van der Waals surface area contributed by atoms with E-state index in [1.807, 2.05) is 19.9 Å². The first-order valence-corrected chi connectivity index (χ1v) is 8.43. The van der Waals surface area contributed by atoms with Crippen LogP contribution in [-0.4, -0.2) is 42.5 Å². The van der Waals surface area contributed by atoms with Crippen LogP contribution in [0.2, 0.25) is 0 Å². The average molecular weight is 284 g/mol. The third kappa shape index (κ3) is 3.79. The molecule has 1 aliphatic heterocycles. The number of aromatic nitrogens is 2. The molecule has 106 valence electrons. The minimum Gasteiger partial charge on any atom is -0.370 e. The van der Waals surface area contributed by atoms with Gasteiger partial charge in [-0.05, 0) is 13.3 Å². The lowest BCUT2D eigenvalue weighted by Gasteiger charge is -2.13. The Balaban J connectivity index is 2.13. The van der Waals surface area contributed by atoms with E-state index in [0.29, 0.717) is 12.2 Å². The summed E-state index contributed by atoms with van der Waals surface area (Å²) < 4.78 is 22.9. The molecule has 0 radical (unpaired) electrons. The Morgan fingerprint density at radius 3 is 2.63 bits per heavy atom. The number of hydrogen-bond acceptors (Lipinski definition) is 6. The van der Waals surface area contributed by atoms with Crippen LogP contribution in [0.3, 0.4) is 0 Å². The predicted octanol–water partition coefficient (Wildman–Crippen LogP) is 1.07. The van der Waals surface area contributed by atoms with Gasteiger partial charge in [-0.15, -0.1) is 0 Å². The summed E-state index contributed by atoms with van der Waals surface area (Å²) in [4.78, 5) is 8.75. The van der Waals surface area contributed by atoms with Crippen molar-refractivity contribution in [3.8, 4) is 0 Å². The van der Waals surface area contributed by atoms with Gasteiger partial charge in [-0.3, -0.25) is 0 Å². The fourth-order valence-corrected chi connectivity index (χ4v) is 3.79. The van der Waals surface area contributed by atoms with E-state index in [0.717, 1.165) is 24.6 Å². The standard InChI is InChI=1S/C12H20N4O2S/c1-3-10-15-11(13-4-2)7-12(16-10)14-9-5-6-19(17,18)8-9/h7,9H,3-6,8H2,1-2H3,(H2,13,14,15,16). The van der Waals surface area contributed by atoms with Crippen LogP contribution in [0.15, 0.2) is 6.07 Å². The van der Waals surface area contributed by atoms with Gasteiger partial charge in [0.1, 0.15) is 17.5 Å². The second-order valence-electron chi connectivity index (χ2n) is 4.68. The third-order valence-electron chi connectivity index (χ3n) is 3.03. The van der Waals surface area contributed by atoms with Crippen molar-refractivity contribution in [1.29, 1.82) is 0 Å². The Morgan fingerprint density at radius 2 is 2.05 bits per heavy atom. The maximum atomic E-state index is 11.4. The molecule has 1 unspecified atom stereocenters. The van der Waals surface area contributed by atoms with Crippen LogP contribution in [0.25, 0.3) is 0 Å². The Bertz CT molecular complexity index is 545. The summed E-state index contributed by atoms with van der Waals surface area (Å²) in [7, 11) is -2.87. The third-order valence-corrected chi connectivity index (χ3v) is 4.80. The molecule has 1 aromatic rings. The topological polar surface area (TPSA) is 84.0 Å². The van der Waals surface area contributed by atoms with Gasteiger partial charge in [0.05, 0.1) is 11.5 Å². The highest BCUT2D eigenvalue weighted by molar-refractivity contribution is 7.91. The summed E-state index contributed by atoms with van der Waals surface area (Å²) in [5, 5.41) is 6.35. The molecule has 2 N–H and O–H groups in total. The SMILES string of the molecule is CCNc1cc(NC2CCS(=O)(=O)C2)nc(CC)n1. The fraction of sp³-hybridized carbons (Fsp3) is 0.667. The first-order valence-electron chi connectivity index (χ1n) is 6.61. The second-order valence-corrected chi connectivity index (χ2v) is 6.91. The molecule has 1 aliphatic rings. The average Bonchev–Trinajstić information content (AvgIpc) is 2.68. The smallest absolute Gasteiger partial charge is 0.152 e. The molecule has 1 atom stereocenters. The number of rotatable bonds is 5. The molecule has 19 heavy (non-hydrogen) atoms. The van der Waals surface area contributed by atoms with Crippen LogP contribution in [0.4, 0.5) is 11.6 Å². The monoisotopic (exact) mass is 284 g/mol. The Hall–Kier alpha value is -1.37. The van der Waals surface area contributed by atoms with E-state index in [-0.39, 0.29) is 17.5 Å². The summed E-state index contributed by atoms with van der Waals surface area (Å²) in [5.41, 5.74) is 0. The molecule has 6 nitrogen and oxygen atoms in total. The first kappa shape index (κ1) is 14.0. The fourth-order valence-electron chi connectivity index (χ4n) is 2.12. The molecule has 2 rings (SSSR count). The van der Waals surface area contributed by atoms with E-state index in [4.69, 9.17) is 0 Å². The Labute approximate surface area is 114 Å². The van der Waals surface area contributed by atoms with Gasteiger partial charge in [-0.2, -0.15) is 0 Å². The summed E-state index contributed by atoms with van der Waals surface area (Å²) in [6, 6.07) is 1.78. The van der Waals surface area contributed by atoms with Gasteiger partial charge in [0.15, 0.2) is 9.84 Å². The number of hydrogen-bond donors (Lipinski definition) is 2. The second kappa shape index (κ2) is 5.73. The molecule has 7 heteroatoms. The molecular formula is C12H20N4O2S. The lowest BCUT2D eigenvalue weighted by Crippen LogP contribution is -2.21. The Morgan fingerprint density at radius 1 is 1.32 bits per heavy atom. The van der Waals surface area contributed by atoms with Crippen molar-refractivity contribution in [2.75, 3.05) is 28.7 Å². The van der Waals surface area contributed by atoms with Crippen LogP contribution < -0.4 is 10.6 Å². The highest BCUT2D eigenvalue weighted by Gasteiger charge is 2.28. The number of nitrogens with one attached hydrogen (secondary N) is 2. The van der Waals surface area contributed by atoms with Crippen molar-refractivity contribution in [2.24, 2.45) is 0 Å². The van der Waals surface area contributed by atoms with Crippen molar-refractivity contribution < 1.29 is 8.42 Å². The van der Waals surface area contributed by atoms with Gasteiger partial charge in [0.25, 0.3) is 0 Å². The number of nitrogens with zero attached hydrogens (tertiary/aromatic N) is 2. The minimum absolute atomic E-state index is 0.0425. The normalized spacial score (nSPS) is 21.3. The molecule has 0 aliphatic carbocycles. The molecule has 1 saturated heterocycles. The van der Waals surface area contributed by atoms with E-state index < -0.39 is 9.84 Å². The molecule has 0 spiro atoms. The van der Waals surface area contributed by atoms with E-state index in [2.05, 4.69) is 20.6 Å². The van der Waals surface area contributed by atoms with E-state index in [1.165, 1.54) is 0 Å². The largest absolute Gasteiger partial charge is 0.370 e. The highest BCUT2D eigenvalue weighted by atomic mass is 32.2. The van der Waals surface area contributed by atoms with Crippen molar-refractivity contribution in [3.05, 3.63) is 11.9 Å². The van der Waals surface area contributed by atoms with Gasteiger partial charge in [0, 0.05) is 25.1 Å². The molecule has 0 amide bonds. The van der Waals surface area contributed by atoms with Crippen LogP contribution >= 0.6 is 0 Å². The number of sulfone groups is 1. The zero-order valence-corrected chi connectivity index (χ0v) is 12.1. The van der Waals surface area contributed by atoms with E-state index >= 15 is 0 Å². The maximum absolute atomic E-state index is 11.4. The molecule has 0 saturated carbocycles. The molecule has 0 bridgehead atoms. The zero-order chi connectivity index (χ0) is 13.9. The van der Waals surface area contributed by atoms with Crippen LogP contribution in [0, 0.1) is 0 Å². The Kier molecular flexibility index (Phi) is 4.24. The summed E-state index contributed by atoms with van der Waals surface area (Å²) in [5.74, 6) is 2.68. The lowest BCUT2D eigenvalue weighted by molar-refractivity contribution is 0.602. The number of aryl methyl sites for hydroxylation is 1. The maximum Gasteiger partial charge on any atom is 0.152 e. The molecule has 1 fully saturated rings. The first-order chi connectivity index (χ1) is 9.02. The van der Waals surface area contributed by atoms with Gasteiger partial charge in [-0.1, -0.05) is 6.92 Å². The number of anilines is 2. The predicted molar refractivity (Wildman–Crippen MR) is 76.3 cm³/mol. The molecule has 2 heterocycles. The van der Waals surface area contributed by atoms with Crippen molar-refractivity contribution in [2.45, 2.75) is 32.7 Å².